The molecule has 114 valence electrons. The maximum Gasteiger partial charge on any atom is 0.258 e. The van der Waals surface area contributed by atoms with Gasteiger partial charge in [0.05, 0.1) is 5.69 Å². The molecule has 6 heteroatoms. The number of aromatic nitrogens is 2. The minimum absolute atomic E-state index is 0. The topological polar surface area (TPSA) is 49.6 Å². The molecule has 1 aliphatic rings. The van der Waals surface area contributed by atoms with Gasteiger partial charge in [0.1, 0.15) is 5.65 Å². The lowest BCUT2D eigenvalue weighted by atomic mass is 10.2. The van der Waals surface area contributed by atoms with Gasteiger partial charge in [0.15, 0.2) is 0 Å². The van der Waals surface area contributed by atoms with Crippen LogP contribution in [0.25, 0.3) is 5.65 Å². The van der Waals surface area contributed by atoms with E-state index in [0.717, 1.165) is 43.1 Å². The largest absolute Gasteiger partial charge is 0.314 e. The fraction of sp³-hybridized carbons (Fsp3) is 0.467. The Labute approximate surface area is 130 Å². The average molecular weight is 309 g/mol. The molecule has 0 unspecified atom stereocenters. The van der Waals surface area contributed by atoms with Gasteiger partial charge in [-0.2, -0.15) is 0 Å². The van der Waals surface area contributed by atoms with Crippen molar-refractivity contribution >= 4 is 18.1 Å². The highest BCUT2D eigenvalue weighted by Gasteiger charge is 2.18. The number of pyridine rings is 1. The first-order valence-corrected chi connectivity index (χ1v) is 7.07. The van der Waals surface area contributed by atoms with Crippen LogP contribution in [-0.4, -0.2) is 40.0 Å². The van der Waals surface area contributed by atoms with Crippen LogP contribution >= 0.6 is 12.4 Å². The highest BCUT2D eigenvalue weighted by molar-refractivity contribution is 5.85. The maximum atomic E-state index is 12.2. The van der Waals surface area contributed by atoms with Crippen molar-refractivity contribution in [1.82, 2.24) is 19.6 Å². The minimum Gasteiger partial charge on any atom is -0.314 e. The number of fused-ring (bicyclic) bond motifs is 1. The molecule has 3 rings (SSSR count). The molecule has 1 saturated heterocycles. The lowest BCUT2D eigenvalue weighted by molar-refractivity contribution is 0.164. The van der Waals surface area contributed by atoms with Gasteiger partial charge in [0, 0.05) is 44.5 Å². The molecule has 0 bridgehead atoms. The maximum absolute atomic E-state index is 12.2. The molecule has 0 aliphatic carbocycles. The van der Waals surface area contributed by atoms with Crippen LogP contribution in [0.4, 0.5) is 0 Å². The number of hydrogen-bond acceptors (Lipinski definition) is 4. The first kappa shape index (κ1) is 15.9. The van der Waals surface area contributed by atoms with E-state index in [9.17, 15) is 4.79 Å². The molecule has 1 atom stereocenters. The summed E-state index contributed by atoms with van der Waals surface area (Å²) in [6.45, 7) is 7.89. The Hall–Kier alpha value is -1.43. The molecule has 2 aromatic rings. The van der Waals surface area contributed by atoms with E-state index in [2.05, 4.69) is 22.1 Å². The molecule has 0 amide bonds. The van der Waals surface area contributed by atoms with Crippen molar-refractivity contribution < 1.29 is 0 Å². The van der Waals surface area contributed by atoms with Crippen molar-refractivity contribution in [3.8, 4) is 0 Å². The van der Waals surface area contributed by atoms with Crippen LogP contribution in [0.3, 0.4) is 0 Å². The van der Waals surface area contributed by atoms with Crippen molar-refractivity contribution in [1.29, 1.82) is 0 Å². The predicted octanol–water partition coefficient (Wildman–Crippen LogP) is 1.22. The SMILES string of the molecule is Cc1ccc2nc(CN3CCNC[C@H]3C)cc(=O)n2c1.Cl. The van der Waals surface area contributed by atoms with Crippen LogP contribution in [0, 0.1) is 6.92 Å². The second-order valence-electron chi connectivity index (χ2n) is 5.54. The van der Waals surface area contributed by atoms with Gasteiger partial charge in [-0.3, -0.25) is 14.1 Å². The standard InChI is InChI=1S/C15H20N4O.ClH/c1-11-3-4-14-17-13(7-15(20)19(14)9-11)10-18-6-5-16-8-12(18)2;/h3-4,7,9,12,16H,5-6,8,10H2,1-2H3;1H/t12-;/m1./s1. The molecule has 0 aromatic carbocycles. The van der Waals surface area contributed by atoms with Gasteiger partial charge in [-0.1, -0.05) is 6.07 Å². The summed E-state index contributed by atoms with van der Waals surface area (Å²) in [6.07, 6.45) is 1.84. The van der Waals surface area contributed by atoms with Crippen LogP contribution in [-0.2, 0) is 6.54 Å². The second kappa shape index (κ2) is 6.56. The molecule has 3 heterocycles. The third kappa shape index (κ3) is 3.43. The van der Waals surface area contributed by atoms with Gasteiger partial charge in [0.25, 0.3) is 5.56 Å². The molecular weight excluding hydrogens is 288 g/mol. The molecule has 1 fully saturated rings. The molecule has 2 aromatic heterocycles. The molecule has 0 radical (unpaired) electrons. The normalized spacial score (nSPS) is 19.4. The van der Waals surface area contributed by atoms with Crippen molar-refractivity contribution in [2.45, 2.75) is 26.4 Å². The summed E-state index contributed by atoms with van der Waals surface area (Å²) in [6, 6.07) is 6.02. The molecular formula is C15H21ClN4O. The predicted molar refractivity (Wildman–Crippen MR) is 86.2 cm³/mol. The van der Waals surface area contributed by atoms with Crippen molar-refractivity contribution in [3.05, 3.63) is 46.0 Å². The van der Waals surface area contributed by atoms with Gasteiger partial charge < -0.3 is 5.32 Å². The zero-order valence-electron chi connectivity index (χ0n) is 12.4. The van der Waals surface area contributed by atoms with Gasteiger partial charge in [0.2, 0.25) is 0 Å². The fourth-order valence-electron chi connectivity index (χ4n) is 2.67. The monoisotopic (exact) mass is 308 g/mol. The summed E-state index contributed by atoms with van der Waals surface area (Å²) in [5.74, 6) is 0. The lowest BCUT2D eigenvalue weighted by Gasteiger charge is -2.33. The Balaban J connectivity index is 0.00000161. The average Bonchev–Trinajstić information content (AvgIpc) is 2.42. The van der Waals surface area contributed by atoms with E-state index in [1.165, 1.54) is 0 Å². The molecule has 0 saturated carbocycles. The Bertz CT molecular complexity index is 685. The third-order valence-corrected chi connectivity index (χ3v) is 3.86. The van der Waals surface area contributed by atoms with E-state index >= 15 is 0 Å². The number of piperazine rings is 1. The third-order valence-electron chi connectivity index (χ3n) is 3.86. The van der Waals surface area contributed by atoms with Crippen LogP contribution in [0.5, 0.6) is 0 Å². The molecule has 5 nitrogen and oxygen atoms in total. The molecule has 21 heavy (non-hydrogen) atoms. The van der Waals surface area contributed by atoms with E-state index in [4.69, 9.17) is 0 Å². The molecule has 1 aliphatic heterocycles. The Kier molecular flexibility index (Phi) is 4.98. The highest BCUT2D eigenvalue weighted by Crippen LogP contribution is 2.09. The van der Waals surface area contributed by atoms with Crippen LogP contribution in [0.15, 0.2) is 29.2 Å². The smallest absolute Gasteiger partial charge is 0.258 e. The zero-order chi connectivity index (χ0) is 14.1. The number of aryl methyl sites for hydroxylation is 1. The number of hydrogen-bond donors (Lipinski definition) is 1. The summed E-state index contributed by atoms with van der Waals surface area (Å²) < 4.78 is 1.61. The summed E-state index contributed by atoms with van der Waals surface area (Å²) >= 11 is 0. The van der Waals surface area contributed by atoms with Gasteiger partial charge in [-0.05, 0) is 25.5 Å². The van der Waals surface area contributed by atoms with E-state index < -0.39 is 0 Å². The molecule has 1 N–H and O–H groups in total. The van der Waals surface area contributed by atoms with E-state index in [-0.39, 0.29) is 18.0 Å². The first-order chi connectivity index (χ1) is 9.63. The Morgan fingerprint density at radius 1 is 1.43 bits per heavy atom. The lowest BCUT2D eigenvalue weighted by Crippen LogP contribution is -2.49. The Morgan fingerprint density at radius 3 is 3.00 bits per heavy atom. The highest BCUT2D eigenvalue weighted by atomic mass is 35.5. The number of nitrogens with one attached hydrogen (secondary N) is 1. The van der Waals surface area contributed by atoms with Crippen LogP contribution < -0.4 is 10.9 Å². The van der Waals surface area contributed by atoms with Crippen molar-refractivity contribution in [3.63, 3.8) is 0 Å². The van der Waals surface area contributed by atoms with Gasteiger partial charge in [-0.25, -0.2) is 4.98 Å². The van der Waals surface area contributed by atoms with Crippen molar-refractivity contribution in [2.75, 3.05) is 19.6 Å². The summed E-state index contributed by atoms with van der Waals surface area (Å²) in [5.41, 5.74) is 2.63. The zero-order valence-corrected chi connectivity index (χ0v) is 13.2. The van der Waals surface area contributed by atoms with Crippen molar-refractivity contribution in [2.24, 2.45) is 0 Å². The number of nitrogens with zero attached hydrogens (tertiary/aromatic N) is 3. The number of halogens is 1. The summed E-state index contributed by atoms with van der Waals surface area (Å²) in [4.78, 5) is 19.1. The number of rotatable bonds is 2. The van der Waals surface area contributed by atoms with Gasteiger partial charge >= 0.3 is 0 Å². The quantitative estimate of drug-likeness (QED) is 0.906. The van der Waals surface area contributed by atoms with E-state index in [1.807, 2.05) is 25.3 Å². The molecule has 0 spiro atoms. The van der Waals surface area contributed by atoms with E-state index in [0.29, 0.717) is 6.04 Å². The van der Waals surface area contributed by atoms with Crippen LogP contribution in [0.1, 0.15) is 18.2 Å². The minimum atomic E-state index is -0.00325. The van der Waals surface area contributed by atoms with E-state index in [1.54, 1.807) is 10.5 Å². The first-order valence-electron chi connectivity index (χ1n) is 7.07. The van der Waals surface area contributed by atoms with Gasteiger partial charge in [-0.15, -0.1) is 12.4 Å². The fourth-order valence-corrected chi connectivity index (χ4v) is 2.67. The Morgan fingerprint density at radius 2 is 2.24 bits per heavy atom. The van der Waals surface area contributed by atoms with Crippen LogP contribution in [0.2, 0.25) is 0 Å². The summed E-state index contributed by atoms with van der Waals surface area (Å²) in [5, 5.41) is 3.37. The summed E-state index contributed by atoms with van der Waals surface area (Å²) in [7, 11) is 0. The second-order valence-corrected chi connectivity index (χ2v) is 5.54.